The van der Waals surface area contributed by atoms with Gasteiger partial charge in [-0.3, -0.25) is 9.78 Å². The summed E-state index contributed by atoms with van der Waals surface area (Å²) in [5.74, 6) is 1.93. The molecule has 4 rings (SSSR count). The van der Waals surface area contributed by atoms with Gasteiger partial charge in [-0.05, 0) is 61.2 Å². The number of carbonyl (C=O) groups excluding carboxylic acids is 1. The number of benzene rings is 2. The first-order valence-corrected chi connectivity index (χ1v) is 11.1. The Labute approximate surface area is 190 Å². The number of likely N-dealkylation sites (tertiary alicyclic amines) is 1. The summed E-state index contributed by atoms with van der Waals surface area (Å²) >= 11 is 0. The molecule has 5 heteroatoms. The lowest BCUT2D eigenvalue weighted by Gasteiger charge is -2.32. The topological polar surface area (TPSA) is 51.7 Å². The van der Waals surface area contributed by atoms with E-state index in [1.54, 1.807) is 14.2 Å². The quantitative estimate of drug-likeness (QED) is 0.551. The molecule has 0 spiro atoms. The second-order valence-electron chi connectivity index (χ2n) is 8.30. The zero-order chi connectivity index (χ0) is 22.5. The number of aromatic nitrogens is 1. The van der Waals surface area contributed by atoms with E-state index < -0.39 is 0 Å². The second kappa shape index (κ2) is 9.86. The van der Waals surface area contributed by atoms with E-state index >= 15 is 0 Å². The first kappa shape index (κ1) is 21.9. The zero-order valence-electron chi connectivity index (χ0n) is 19.0. The van der Waals surface area contributed by atoms with Crippen LogP contribution in [0.25, 0.3) is 11.1 Å². The minimum absolute atomic E-state index is 0.122. The Hall–Kier alpha value is -3.34. The minimum Gasteiger partial charge on any atom is -0.497 e. The monoisotopic (exact) mass is 430 g/mol. The molecule has 1 aliphatic rings. The molecule has 2 heterocycles. The van der Waals surface area contributed by atoms with E-state index in [-0.39, 0.29) is 5.91 Å². The van der Waals surface area contributed by atoms with Gasteiger partial charge in [0, 0.05) is 36.0 Å². The van der Waals surface area contributed by atoms with Gasteiger partial charge in [0.1, 0.15) is 11.5 Å². The maximum absolute atomic E-state index is 13.0. The van der Waals surface area contributed by atoms with E-state index in [1.807, 2.05) is 29.2 Å². The number of nitrogens with zero attached hydrogens (tertiary/aromatic N) is 2. The highest BCUT2D eigenvalue weighted by molar-refractivity contribution is 5.80. The predicted octanol–water partition coefficient (Wildman–Crippen LogP) is 5.02. The molecular formula is C27H30N2O3. The molecule has 0 saturated carbocycles. The van der Waals surface area contributed by atoms with Crippen LogP contribution < -0.4 is 9.47 Å². The van der Waals surface area contributed by atoms with Crippen LogP contribution in [-0.4, -0.2) is 43.1 Å². The third-order valence-corrected chi connectivity index (χ3v) is 6.18. The van der Waals surface area contributed by atoms with Gasteiger partial charge in [-0.1, -0.05) is 30.3 Å². The molecule has 0 unspecified atom stereocenters. The van der Waals surface area contributed by atoms with E-state index in [2.05, 4.69) is 43.3 Å². The summed E-state index contributed by atoms with van der Waals surface area (Å²) in [6.07, 6.45) is 2.16. The molecule has 0 aliphatic carbocycles. The third kappa shape index (κ3) is 4.93. The normalized spacial score (nSPS) is 14.3. The van der Waals surface area contributed by atoms with Crippen LogP contribution in [0, 0.1) is 6.92 Å². The smallest absolute Gasteiger partial charge is 0.227 e. The van der Waals surface area contributed by atoms with Crippen molar-refractivity contribution in [2.24, 2.45) is 0 Å². The number of aryl methyl sites for hydroxylation is 1. The van der Waals surface area contributed by atoms with Gasteiger partial charge in [0.05, 0.1) is 20.6 Å². The molecule has 1 aliphatic heterocycles. The van der Waals surface area contributed by atoms with Gasteiger partial charge in [0.15, 0.2) is 0 Å². The number of methoxy groups -OCH3 is 2. The number of hydrogen-bond donors (Lipinski definition) is 0. The zero-order valence-corrected chi connectivity index (χ0v) is 19.0. The van der Waals surface area contributed by atoms with E-state index in [9.17, 15) is 4.79 Å². The van der Waals surface area contributed by atoms with E-state index in [4.69, 9.17) is 14.5 Å². The molecule has 0 N–H and O–H groups in total. The first-order valence-electron chi connectivity index (χ1n) is 11.1. The number of carbonyl (C=O) groups is 1. The van der Waals surface area contributed by atoms with Crippen LogP contribution in [0.2, 0.25) is 0 Å². The maximum atomic E-state index is 13.0. The second-order valence-corrected chi connectivity index (χ2v) is 8.30. The van der Waals surface area contributed by atoms with Crippen LogP contribution in [0.5, 0.6) is 11.5 Å². The molecule has 1 fully saturated rings. The molecule has 0 bridgehead atoms. The lowest BCUT2D eigenvalue weighted by molar-refractivity contribution is -0.131. The number of amides is 1. The molecule has 32 heavy (non-hydrogen) atoms. The molecular weight excluding hydrogens is 400 g/mol. The lowest BCUT2D eigenvalue weighted by Crippen LogP contribution is -2.39. The summed E-state index contributed by atoms with van der Waals surface area (Å²) in [5.41, 5.74) is 5.43. The van der Waals surface area contributed by atoms with Gasteiger partial charge >= 0.3 is 0 Å². The fourth-order valence-electron chi connectivity index (χ4n) is 4.42. The Kier molecular flexibility index (Phi) is 6.74. The Morgan fingerprint density at radius 1 is 0.969 bits per heavy atom. The van der Waals surface area contributed by atoms with Crippen LogP contribution in [0.4, 0.5) is 0 Å². The van der Waals surface area contributed by atoms with Gasteiger partial charge in [0.2, 0.25) is 5.91 Å². The molecule has 3 aromatic rings. The van der Waals surface area contributed by atoms with Crippen molar-refractivity contribution in [3.8, 4) is 22.6 Å². The Morgan fingerprint density at radius 3 is 2.41 bits per heavy atom. The van der Waals surface area contributed by atoms with Crippen molar-refractivity contribution in [2.75, 3.05) is 27.3 Å². The van der Waals surface area contributed by atoms with Gasteiger partial charge < -0.3 is 14.4 Å². The Bertz CT molecular complexity index is 1070. The number of rotatable bonds is 6. The number of piperidine rings is 1. The largest absolute Gasteiger partial charge is 0.497 e. The van der Waals surface area contributed by atoms with Crippen LogP contribution in [0.3, 0.4) is 0 Å². The van der Waals surface area contributed by atoms with Crippen LogP contribution in [0.1, 0.15) is 35.7 Å². The SMILES string of the molecule is COc1ccc(OC)c(CC(=O)N2CCC(c3cc(-c4ccccc4)cc(C)n3)CC2)c1. The maximum Gasteiger partial charge on any atom is 0.227 e. The van der Waals surface area contributed by atoms with Gasteiger partial charge in [-0.2, -0.15) is 0 Å². The van der Waals surface area contributed by atoms with Crippen molar-refractivity contribution < 1.29 is 14.3 Å². The highest BCUT2D eigenvalue weighted by atomic mass is 16.5. The highest BCUT2D eigenvalue weighted by Crippen LogP contribution is 2.31. The summed E-state index contributed by atoms with van der Waals surface area (Å²) in [6, 6.07) is 20.3. The molecule has 1 saturated heterocycles. The predicted molar refractivity (Wildman–Crippen MR) is 126 cm³/mol. The first-order chi connectivity index (χ1) is 15.6. The van der Waals surface area contributed by atoms with Crippen LogP contribution >= 0.6 is 0 Å². The molecule has 5 nitrogen and oxygen atoms in total. The van der Waals surface area contributed by atoms with Gasteiger partial charge in [-0.15, -0.1) is 0 Å². The van der Waals surface area contributed by atoms with Crippen molar-refractivity contribution in [1.29, 1.82) is 0 Å². The van der Waals surface area contributed by atoms with Crippen molar-refractivity contribution in [1.82, 2.24) is 9.88 Å². The van der Waals surface area contributed by atoms with Crippen molar-refractivity contribution in [2.45, 2.75) is 32.1 Å². The summed E-state index contributed by atoms with van der Waals surface area (Å²) in [4.78, 5) is 19.8. The Balaban J connectivity index is 1.43. The fraction of sp³-hybridized carbons (Fsp3) is 0.333. The number of pyridine rings is 1. The summed E-state index contributed by atoms with van der Waals surface area (Å²) in [6.45, 7) is 3.54. The molecule has 0 radical (unpaired) electrons. The Morgan fingerprint density at radius 2 is 1.72 bits per heavy atom. The van der Waals surface area contributed by atoms with E-state index in [0.29, 0.717) is 18.1 Å². The highest BCUT2D eigenvalue weighted by Gasteiger charge is 2.26. The molecule has 0 atom stereocenters. The van der Waals surface area contributed by atoms with Gasteiger partial charge in [0.25, 0.3) is 0 Å². The lowest BCUT2D eigenvalue weighted by atomic mass is 9.91. The van der Waals surface area contributed by atoms with Gasteiger partial charge in [-0.25, -0.2) is 0 Å². The molecule has 2 aromatic carbocycles. The molecule has 1 amide bonds. The average molecular weight is 431 g/mol. The van der Waals surface area contributed by atoms with Crippen molar-refractivity contribution in [3.63, 3.8) is 0 Å². The van der Waals surface area contributed by atoms with Crippen LogP contribution in [-0.2, 0) is 11.2 Å². The minimum atomic E-state index is 0.122. The fourth-order valence-corrected chi connectivity index (χ4v) is 4.42. The number of ether oxygens (including phenoxy) is 2. The number of hydrogen-bond acceptors (Lipinski definition) is 4. The van der Waals surface area contributed by atoms with E-state index in [1.165, 1.54) is 11.1 Å². The summed E-state index contributed by atoms with van der Waals surface area (Å²) in [7, 11) is 3.25. The molecule has 166 valence electrons. The van der Waals surface area contributed by atoms with Crippen molar-refractivity contribution >= 4 is 5.91 Å². The molecule has 1 aromatic heterocycles. The van der Waals surface area contributed by atoms with Crippen LogP contribution in [0.15, 0.2) is 60.7 Å². The standard InChI is InChI=1S/C27H30N2O3/c1-19-15-22(20-7-5-4-6-8-20)17-25(28-19)21-11-13-29(14-12-21)27(30)18-23-16-24(31-2)9-10-26(23)32-3/h4-10,15-17,21H,11-14,18H2,1-3H3. The van der Waals surface area contributed by atoms with Crippen molar-refractivity contribution in [3.05, 3.63) is 77.6 Å². The third-order valence-electron chi connectivity index (χ3n) is 6.18. The van der Waals surface area contributed by atoms with E-state index in [0.717, 1.165) is 48.6 Å². The summed E-state index contributed by atoms with van der Waals surface area (Å²) < 4.78 is 10.7. The summed E-state index contributed by atoms with van der Waals surface area (Å²) in [5, 5.41) is 0. The average Bonchev–Trinajstić information content (AvgIpc) is 2.84.